The number of nitrogens with one attached hydrogen (secondary N) is 2. The Kier molecular flexibility index (Phi) is 4.96. The minimum Gasteiger partial charge on any atom is -0.354 e. The summed E-state index contributed by atoms with van der Waals surface area (Å²) in [5.74, 6) is 0.510. The van der Waals surface area contributed by atoms with Crippen molar-refractivity contribution in [3.05, 3.63) is 28.2 Å². The van der Waals surface area contributed by atoms with Crippen LogP contribution in [0.15, 0.2) is 18.2 Å². The van der Waals surface area contributed by atoms with Gasteiger partial charge in [0.15, 0.2) is 0 Å². The number of benzene rings is 1. The molecular formula is C12H12Cl2N2O2S. The molecule has 1 aliphatic heterocycles. The normalized spacial score (nSPS) is 18.8. The number of amides is 2. The molecule has 0 spiro atoms. The molecular weight excluding hydrogens is 307 g/mol. The average Bonchev–Trinajstić information content (AvgIpc) is 2.30. The summed E-state index contributed by atoms with van der Waals surface area (Å²) < 4.78 is 0. The lowest BCUT2D eigenvalue weighted by Crippen LogP contribution is -2.40. The molecule has 1 heterocycles. The van der Waals surface area contributed by atoms with Crippen LogP contribution in [0.5, 0.6) is 0 Å². The maximum absolute atomic E-state index is 11.9. The molecule has 102 valence electrons. The van der Waals surface area contributed by atoms with Crippen LogP contribution in [-0.4, -0.2) is 29.4 Å². The van der Waals surface area contributed by atoms with Gasteiger partial charge in [-0.3, -0.25) is 9.59 Å². The van der Waals surface area contributed by atoms with Crippen LogP contribution >= 0.6 is 35.0 Å². The molecule has 0 aliphatic carbocycles. The Balaban J connectivity index is 1.95. The van der Waals surface area contributed by atoms with Gasteiger partial charge < -0.3 is 10.6 Å². The third kappa shape index (κ3) is 4.30. The van der Waals surface area contributed by atoms with Gasteiger partial charge >= 0.3 is 0 Å². The van der Waals surface area contributed by atoms with Crippen LogP contribution in [0.3, 0.4) is 0 Å². The van der Waals surface area contributed by atoms with E-state index in [0.717, 1.165) is 5.75 Å². The van der Waals surface area contributed by atoms with Crippen molar-refractivity contribution in [1.29, 1.82) is 0 Å². The lowest BCUT2D eigenvalue weighted by Gasteiger charge is -2.20. The number of carbonyl (C=O) groups is 2. The molecule has 1 aliphatic rings. The largest absolute Gasteiger partial charge is 0.354 e. The minimum absolute atomic E-state index is 0.0875. The minimum atomic E-state index is -0.330. The zero-order valence-corrected chi connectivity index (χ0v) is 12.2. The van der Waals surface area contributed by atoms with Crippen LogP contribution in [0, 0.1) is 0 Å². The van der Waals surface area contributed by atoms with Gasteiger partial charge in [-0.2, -0.15) is 0 Å². The van der Waals surface area contributed by atoms with Crippen molar-refractivity contribution in [3.8, 4) is 0 Å². The highest BCUT2D eigenvalue weighted by molar-refractivity contribution is 8.00. The molecule has 1 saturated heterocycles. The summed E-state index contributed by atoms with van der Waals surface area (Å²) in [6.45, 7) is 0.658. The van der Waals surface area contributed by atoms with E-state index < -0.39 is 0 Å². The van der Waals surface area contributed by atoms with Gasteiger partial charge in [0, 0.05) is 34.5 Å². The van der Waals surface area contributed by atoms with E-state index in [0.29, 0.717) is 22.3 Å². The lowest BCUT2D eigenvalue weighted by atomic mass is 10.2. The van der Waals surface area contributed by atoms with Gasteiger partial charge in [0.1, 0.15) is 0 Å². The fourth-order valence-corrected chi connectivity index (χ4v) is 3.26. The number of thioether (sulfide) groups is 1. The topological polar surface area (TPSA) is 58.2 Å². The molecule has 7 heteroatoms. The summed E-state index contributed by atoms with van der Waals surface area (Å²) in [7, 11) is 0. The van der Waals surface area contributed by atoms with Crippen molar-refractivity contribution < 1.29 is 9.59 Å². The number of anilines is 1. The smallest absolute Gasteiger partial charge is 0.233 e. The van der Waals surface area contributed by atoms with E-state index in [1.165, 1.54) is 11.8 Å². The Labute approximate surface area is 125 Å². The second-order valence-electron chi connectivity index (χ2n) is 4.06. The molecule has 0 radical (unpaired) electrons. The van der Waals surface area contributed by atoms with Gasteiger partial charge in [0.2, 0.25) is 11.8 Å². The Morgan fingerprint density at radius 2 is 2.05 bits per heavy atom. The second-order valence-corrected chi connectivity index (χ2v) is 6.24. The van der Waals surface area contributed by atoms with Gasteiger partial charge in [-0.1, -0.05) is 23.2 Å². The fourth-order valence-electron chi connectivity index (χ4n) is 1.72. The van der Waals surface area contributed by atoms with Crippen LogP contribution in [0.4, 0.5) is 5.69 Å². The highest BCUT2D eigenvalue weighted by atomic mass is 35.5. The molecule has 0 saturated carbocycles. The summed E-state index contributed by atoms with van der Waals surface area (Å²) >= 11 is 13.2. The molecule has 1 fully saturated rings. The van der Waals surface area contributed by atoms with E-state index in [4.69, 9.17) is 23.2 Å². The first-order valence-electron chi connectivity index (χ1n) is 5.70. The van der Waals surface area contributed by atoms with Gasteiger partial charge in [0.25, 0.3) is 0 Å². The van der Waals surface area contributed by atoms with Gasteiger partial charge in [-0.25, -0.2) is 0 Å². The lowest BCUT2D eigenvalue weighted by molar-refractivity contribution is -0.123. The number of carbonyl (C=O) groups excluding carboxylic acids is 2. The number of hydrogen-bond acceptors (Lipinski definition) is 3. The quantitative estimate of drug-likeness (QED) is 0.900. The number of rotatable bonds is 3. The molecule has 0 bridgehead atoms. The predicted molar refractivity (Wildman–Crippen MR) is 79.0 cm³/mol. The van der Waals surface area contributed by atoms with Crippen LogP contribution in [0.2, 0.25) is 10.0 Å². The first-order valence-corrected chi connectivity index (χ1v) is 7.50. The van der Waals surface area contributed by atoms with Crippen molar-refractivity contribution >= 4 is 52.5 Å². The highest BCUT2D eigenvalue weighted by Crippen LogP contribution is 2.23. The standard InChI is InChI=1S/C12H12Cl2N2O2S/c13-7-3-8(14)5-9(4-7)16-11(17)6-10-12(18)15-1-2-19-10/h3-5,10H,1-2,6H2,(H,15,18)(H,16,17)/t10-/m1/s1. The molecule has 2 N–H and O–H groups in total. The number of halogens is 2. The van der Waals surface area contributed by atoms with Crippen molar-refractivity contribution in [2.24, 2.45) is 0 Å². The predicted octanol–water partition coefficient (Wildman–Crippen LogP) is 2.55. The van der Waals surface area contributed by atoms with Gasteiger partial charge in [0.05, 0.1) is 5.25 Å². The second kappa shape index (κ2) is 6.50. The van der Waals surface area contributed by atoms with Gasteiger partial charge in [-0.15, -0.1) is 11.8 Å². The molecule has 0 aromatic heterocycles. The SMILES string of the molecule is O=C(C[C@H]1SCCNC1=O)Nc1cc(Cl)cc(Cl)c1. The monoisotopic (exact) mass is 318 g/mol. The van der Waals surface area contributed by atoms with Crippen LogP contribution in [0.25, 0.3) is 0 Å². The molecule has 1 atom stereocenters. The first kappa shape index (κ1) is 14.5. The van der Waals surface area contributed by atoms with Crippen LogP contribution in [-0.2, 0) is 9.59 Å². The zero-order chi connectivity index (χ0) is 13.8. The molecule has 2 amide bonds. The molecule has 1 aromatic carbocycles. The van der Waals surface area contributed by atoms with Crippen LogP contribution < -0.4 is 10.6 Å². The maximum Gasteiger partial charge on any atom is 0.233 e. The van der Waals surface area contributed by atoms with E-state index in [-0.39, 0.29) is 23.5 Å². The zero-order valence-electron chi connectivity index (χ0n) is 9.91. The summed E-state index contributed by atoms with van der Waals surface area (Å²) in [6, 6.07) is 4.81. The van der Waals surface area contributed by atoms with Gasteiger partial charge in [-0.05, 0) is 18.2 Å². The molecule has 0 unspecified atom stereocenters. The molecule has 1 aromatic rings. The Hall–Kier alpha value is -0.910. The Bertz CT molecular complexity index is 490. The van der Waals surface area contributed by atoms with Crippen molar-refractivity contribution in [2.75, 3.05) is 17.6 Å². The highest BCUT2D eigenvalue weighted by Gasteiger charge is 2.25. The first-order chi connectivity index (χ1) is 9.04. The van der Waals surface area contributed by atoms with E-state index in [1.807, 2.05) is 0 Å². The Morgan fingerprint density at radius 1 is 1.37 bits per heavy atom. The third-order valence-corrected chi connectivity index (χ3v) is 4.19. The maximum atomic E-state index is 11.9. The fraction of sp³-hybridized carbons (Fsp3) is 0.333. The van der Waals surface area contributed by atoms with E-state index in [9.17, 15) is 9.59 Å². The van der Waals surface area contributed by atoms with E-state index >= 15 is 0 Å². The molecule has 2 rings (SSSR count). The summed E-state index contributed by atoms with van der Waals surface area (Å²) in [4.78, 5) is 23.4. The average molecular weight is 319 g/mol. The van der Waals surface area contributed by atoms with E-state index in [2.05, 4.69) is 10.6 Å². The van der Waals surface area contributed by atoms with Crippen molar-refractivity contribution in [1.82, 2.24) is 5.32 Å². The molecule has 4 nitrogen and oxygen atoms in total. The summed E-state index contributed by atoms with van der Waals surface area (Å²) in [5, 5.41) is 6.00. The summed E-state index contributed by atoms with van der Waals surface area (Å²) in [5.41, 5.74) is 0.531. The van der Waals surface area contributed by atoms with Crippen molar-refractivity contribution in [3.63, 3.8) is 0 Å². The number of hydrogen-bond donors (Lipinski definition) is 2. The summed E-state index contributed by atoms with van der Waals surface area (Å²) in [6.07, 6.45) is 0.140. The molecule has 19 heavy (non-hydrogen) atoms. The third-order valence-electron chi connectivity index (χ3n) is 2.53. The van der Waals surface area contributed by atoms with Crippen LogP contribution in [0.1, 0.15) is 6.42 Å². The van der Waals surface area contributed by atoms with E-state index in [1.54, 1.807) is 18.2 Å². The Morgan fingerprint density at radius 3 is 2.68 bits per heavy atom. The van der Waals surface area contributed by atoms with Crippen molar-refractivity contribution in [2.45, 2.75) is 11.7 Å².